The highest BCUT2D eigenvalue weighted by molar-refractivity contribution is 6.20. The van der Waals surface area contributed by atoms with Gasteiger partial charge in [-0.1, -0.05) is 23.7 Å². The average molecular weight is 253 g/mol. The van der Waals surface area contributed by atoms with Gasteiger partial charge < -0.3 is 4.74 Å². The van der Waals surface area contributed by atoms with E-state index < -0.39 is 23.3 Å². The Hall–Kier alpha value is -1.23. The quantitative estimate of drug-likeness (QED) is 0.606. The van der Waals surface area contributed by atoms with Crippen LogP contribution in [0.25, 0.3) is 0 Å². The largest absolute Gasteiger partial charge is 0.444 e. The number of halogens is 4. The lowest BCUT2D eigenvalue weighted by Gasteiger charge is -2.18. The number of hydrogen-bond donors (Lipinski definition) is 0. The molecule has 6 heteroatoms. The standard InChI is InChI=1S/C10H8ClF3O2/c1-6(15)7-4-2-3-5-8(7)16-10(13,14)9(11)12/h2-5,9H,1H3/t9-/m1/s1. The second-order valence-corrected chi connectivity index (χ2v) is 3.40. The van der Waals surface area contributed by atoms with Gasteiger partial charge in [-0.25, -0.2) is 4.39 Å². The summed E-state index contributed by atoms with van der Waals surface area (Å²) in [5.74, 6) is -0.861. The minimum atomic E-state index is -4.17. The maximum absolute atomic E-state index is 12.8. The zero-order valence-corrected chi connectivity index (χ0v) is 8.97. The van der Waals surface area contributed by atoms with E-state index in [4.69, 9.17) is 0 Å². The van der Waals surface area contributed by atoms with E-state index in [-0.39, 0.29) is 5.56 Å². The van der Waals surface area contributed by atoms with E-state index in [2.05, 4.69) is 16.3 Å². The Morgan fingerprint density at radius 3 is 2.50 bits per heavy atom. The summed E-state index contributed by atoms with van der Waals surface area (Å²) in [6, 6.07) is 5.31. The maximum Gasteiger partial charge on any atom is 0.444 e. The minimum Gasteiger partial charge on any atom is -0.429 e. The van der Waals surface area contributed by atoms with Gasteiger partial charge in [-0.3, -0.25) is 4.79 Å². The van der Waals surface area contributed by atoms with E-state index in [1.54, 1.807) is 0 Å². The molecule has 0 aliphatic rings. The Labute approximate surface area is 95.0 Å². The van der Waals surface area contributed by atoms with Crippen molar-refractivity contribution < 1.29 is 22.7 Å². The number of alkyl halides is 4. The Morgan fingerprint density at radius 2 is 2.00 bits per heavy atom. The minimum absolute atomic E-state index is 0.0560. The third-order valence-corrected chi connectivity index (χ3v) is 2.02. The number of hydrogen-bond acceptors (Lipinski definition) is 2. The van der Waals surface area contributed by atoms with Crippen LogP contribution in [0.1, 0.15) is 17.3 Å². The molecule has 0 bridgehead atoms. The van der Waals surface area contributed by atoms with Gasteiger partial charge in [0.2, 0.25) is 0 Å². The molecular weight excluding hydrogens is 245 g/mol. The van der Waals surface area contributed by atoms with Gasteiger partial charge in [-0.15, -0.1) is 0 Å². The fourth-order valence-electron chi connectivity index (χ4n) is 1.04. The number of carbonyl (C=O) groups excluding carboxylic acids is 1. The van der Waals surface area contributed by atoms with E-state index >= 15 is 0 Å². The van der Waals surface area contributed by atoms with Gasteiger partial charge in [-0.05, 0) is 19.1 Å². The molecule has 0 saturated heterocycles. The molecular formula is C10H8ClF3O2. The summed E-state index contributed by atoms with van der Waals surface area (Å²) in [5.41, 5.74) is -3.04. The molecule has 1 aromatic carbocycles. The molecule has 1 rings (SSSR count). The first kappa shape index (κ1) is 12.8. The van der Waals surface area contributed by atoms with Crippen LogP contribution in [0.3, 0.4) is 0 Å². The summed E-state index contributed by atoms with van der Waals surface area (Å²) in [6.45, 7) is 1.19. The highest BCUT2D eigenvalue weighted by atomic mass is 35.5. The first-order valence-corrected chi connectivity index (χ1v) is 4.73. The Kier molecular flexibility index (Phi) is 3.80. The second kappa shape index (κ2) is 4.74. The second-order valence-electron chi connectivity index (χ2n) is 3.02. The van der Waals surface area contributed by atoms with Crippen LogP contribution < -0.4 is 4.74 Å². The molecule has 0 saturated carbocycles. The number of Topliss-reactive ketones (excluding diaryl/α,β-unsaturated/α-hetero) is 1. The Morgan fingerprint density at radius 1 is 1.44 bits per heavy atom. The molecule has 16 heavy (non-hydrogen) atoms. The third kappa shape index (κ3) is 2.88. The highest BCUT2D eigenvalue weighted by Gasteiger charge is 2.42. The van der Waals surface area contributed by atoms with Crippen molar-refractivity contribution >= 4 is 17.4 Å². The van der Waals surface area contributed by atoms with E-state index in [9.17, 15) is 18.0 Å². The van der Waals surface area contributed by atoms with Gasteiger partial charge in [-0.2, -0.15) is 8.78 Å². The summed E-state index contributed by atoms with van der Waals surface area (Å²) in [6.07, 6.45) is -4.17. The van der Waals surface area contributed by atoms with Gasteiger partial charge in [0.25, 0.3) is 5.63 Å². The highest BCUT2D eigenvalue weighted by Crippen LogP contribution is 2.30. The van der Waals surface area contributed by atoms with Crippen molar-refractivity contribution in [1.82, 2.24) is 0 Å². The summed E-state index contributed by atoms with van der Waals surface area (Å²) in [7, 11) is 0. The number of benzene rings is 1. The molecule has 0 radical (unpaired) electrons. The molecule has 0 aliphatic carbocycles. The molecule has 2 nitrogen and oxygen atoms in total. The SMILES string of the molecule is CC(=O)c1ccccc1OC(F)(F)[C@@H](F)Cl. The molecule has 1 atom stereocenters. The molecule has 88 valence electrons. The van der Waals surface area contributed by atoms with Gasteiger partial charge in [0.1, 0.15) is 5.75 Å². The summed E-state index contributed by atoms with van der Waals surface area (Å²) in [4.78, 5) is 11.1. The van der Waals surface area contributed by atoms with Gasteiger partial charge in [0.05, 0.1) is 5.56 Å². The van der Waals surface area contributed by atoms with E-state index in [1.165, 1.54) is 25.1 Å². The van der Waals surface area contributed by atoms with Crippen LogP contribution >= 0.6 is 11.6 Å². The van der Waals surface area contributed by atoms with Crippen LogP contribution in [0.2, 0.25) is 0 Å². The smallest absolute Gasteiger partial charge is 0.429 e. The molecule has 0 N–H and O–H groups in total. The predicted octanol–water partition coefficient (Wildman–Crippen LogP) is 3.40. The summed E-state index contributed by atoms with van der Waals surface area (Å²) in [5, 5.41) is 0. The first-order valence-electron chi connectivity index (χ1n) is 4.29. The zero-order valence-electron chi connectivity index (χ0n) is 8.22. The van der Waals surface area contributed by atoms with Crippen molar-refractivity contribution in [3.8, 4) is 5.75 Å². The van der Waals surface area contributed by atoms with Crippen molar-refractivity contribution in [3.63, 3.8) is 0 Å². The van der Waals surface area contributed by atoms with Crippen LogP contribution in [0, 0.1) is 0 Å². The predicted molar refractivity (Wildman–Crippen MR) is 52.8 cm³/mol. The van der Waals surface area contributed by atoms with Gasteiger partial charge >= 0.3 is 6.11 Å². The first-order chi connectivity index (χ1) is 7.34. The van der Waals surface area contributed by atoms with Gasteiger partial charge in [0, 0.05) is 0 Å². The lowest BCUT2D eigenvalue weighted by atomic mass is 10.1. The summed E-state index contributed by atoms with van der Waals surface area (Å²) >= 11 is 4.62. The molecule has 1 aromatic rings. The summed E-state index contributed by atoms with van der Waals surface area (Å²) < 4.78 is 42.1. The van der Waals surface area contributed by atoms with E-state index in [0.29, 0.717) is 0 Å². The molecule has 0 heterocycles. The van der Waals surface area contributed by atoms with Crippen LogP contribution in [-0.4, -0.2) is 17.5 Å². The van der Waals surface area contributed by atoms with E-state index in [1.807, 2.05) is 0 Å². The molecule has 0 unspecified atom stereocenters. The normalized spacial score (nSPS) is 13.3. The lowest BCUT2D eigenvalue weighted by Crippen LogP contribution is -2.33. The van der Waals surface area contributed by atoms with Crippen molar-refractivity contribution in [3.05, 3.63) is 29.8 Å². The maximum atomic E-state index is 12.8. The van der Waals surface area contributed by atoms with Crippen molar-refractivity contribution in [2.45, 2.75) is 18.7 Å². The van der Waals surface area contributed by atoms with E-state index in [0.717, 1.165) is 6.07 Å². The number of para-hydroxylation sites is 1. The molecule has 0 fully saturated rings. The van der Waals surface area contributed by atoms with Crippen molar-refractivity contribution in [2.75, 3.05) is 0 Å². The monoisotopic (exact) mass is 252 g/mol. The van der Waals surface area contributed by atoms with Crippen LogP contribution in [0.5, 0.6) is 5.75 Å². The lowest BCUT2D eigenvalue weighted by molar-refractivity contribution is -0.199. The van der Waals surface area contributed by atoms with Crippen LogP contribution in [0.15, 0.2) is 24.3 Å². The van der Waals surface area contributed by atoms with Crippen molar-refractivity contribution in [2.24, 2.45) is 0 Å². The number of ether oxygens (including phenoxy) is 1. The Bertz CT molecular complexity index is 393. The number of ketones is 1. The molecule has 0 aromatic heterocycles. The van der Waals surface area contributed by atoms with Crippen LogP contribution in [0.4, 0.5) is 13.2 Å². The fourth-order valence-corrected chi connectivity index (χ4v) is 1.08. The molecule has 0 amide bonds. The van der Waals surface area contributed by atoms with Gasteiger partial charge in [0.15, 0.2) is 5.78 Å². The Balaban J connectivity index is 3.02. The zero-order chi connectivity index (χ0) is 12.3. The molecule has 0 aliphatic heterocycles. The van der Waals surface area contributed by atoms with Crippen molar-refractivity contribution in [1.29, 1.82) is 0 Å². The third-order valence-electron chi connectivity index (χ3n) is 1.77. The molecule has 0 spiro atoms. The number of carbonyl (C=O) groups is 1. The number of rotatable bonds is 4. The topological polar surface area (TPSA) is 26.3 Å². The fraction of sp³-hybridized carbons (Fsp3) is 0.300. The average Bonchev–Trinajstić information content (AvgIpc) is 2.17. The van der Waals surface area contributed by atoms with Crippen LogP contribution in [-0.2, 0) is 0 Å².